The second-order valence-corrected chi connectivity index (χ2v) is 5.59. The molecule has 0 saturated heterocycles. The fourth-order valence-corrected chi connectivity index (χ4v) is 4.04. The van der Waals surface area contributed by atoms with Gasteiger partial charge in [-0.1, -0.05) is 48.5 Å². The fraction of sp³-hybridized carbons (Fsp3) is 0.176. The van der Waals surface area contributed by atoms with Gasteiger partial charge in [0.25, 0.3) is 0 Å². The number of rotatable bonds is 2. The summed E-state index contributed by atoms with van der Waals surface area (Å²) in [5, 5.41) is 19.0. The molecule has 0 heterocycles. The number of benzene rings is 2. The summed E-state index contributed by atoms with van der Waals surface area (Å²) < 4.78 is 0. The molecule has 4 rings (SSSR count). The van der Waals surface area contributed by atoms with Gasteiger partial charge in [-0.3, -0.25) is 9.59 Å². The summed E-state index contributed by atoms with van der Waals surface area (Å²) in [6.45, 7) is 0. The molecule has 1 spiro atoms. The zero-order chi connectivity index (χ0) is 14.8. The highest BCUT2D eigenvalue weighted by Crippen LogP contribution is 2.70. The van der Waals surface area contributed by atoms with E-state index >= 15 is 0 Å². The summed E-state index contributed by atoms with van der Waals surface area (Å²) in [4.78, 5) is 23.2. The van der Waals surface area contributed by atoms with Gasteiger partial charge < -0.3 is 10.2 Å². The van der Waals surface area contributed by atoms with Gasteiger partial charge in [-0.15, -0.1) is 0 Å². The van der Waals surface area contributed by atoms with Gasteiger partial charge in [-0.05, 0) is 22.3 Å². The van der Waals surface area contributed by atoms with E-state index in [9.17, 15) is 19.8 Å². The number of carbonyl (C=O) groups is 2. The van der Waals surface area contributed by atoms with Gasteiger partial charge in [-0.25, -0.2) is 0 Å². The van der Waals surface area contributed by atoms with E-state index in [-0.39, 0.29) is 0 Å². The molecule has 104 valence electrons. The quantitative estimate of drug-likeness (QED) is 0.885. The normalized spacial score (nSPS) is 23.4. The zero-order valence-corrected chi connectivity index (χ0v) is 11.0. The molecule has 2 aliphatic carbocycles. The molecule has 4 heteroatoms. The van der Waals surface area contributed by atoms with Crippen LogP contribution in [0.4, 0.5) is 0 Å². The predicted molar refractivity (Wildman–Crippen MR) is 74.9 cm³/mol. The van der Waals surface area contributed by atoms with Crippen LogP contribution in [0.15, 0.2) is 48.5 Å². The zero-order valence-electron chi connectivity index (χ0n) is 11.0. The second-order valence-electron chi connectivity index (χ2n) is 5.59. The first-order valence-corrected chi connectivity index (χ1v) is 6.75. The van der Waals surface area contributed by atoms with E-state index in [0.29, 0.717) is 0 Å². The molecule has 0 bridgehead atoms. The smallest absolute Gasteiger partial charge is 0.308 e. The first-order valence-electron chi connectivity index (χ1n) is 6.75. The van der Waals surface area contributed by atoms with Gasteiger partial charge in [0, 0.05) is 5.41 Å². The molecule has 2 aromatic rings. The number of hydrogen-bond donors (Lipinski definition) is 2. The Kier molecular flexibility index (Phi) is 2.15. The molecule has 2 aromatic carbocycles. The van der Waals surface area contributed by atoms with Gasteiger partial charge in [0.15, 0.2) is 0 Å². The molecule has 0 amide bonds. The van der Waals surface area contributed by atoms with Crippen molar-refractivity contribution in [3.8, 4) is 11.1 Å². The Morgan fingerprint density at radius 3 is 1.52 bits per heavy atom. The maximum Gasteiger partial charge on any atom is 0.308 e. The van der Waals surface area contributed by atoms with E-state index in [1.165, 1.54) is 0 Å². The van der Waals surface area contributed by atoms with Crippen LogP contribution < -0.4 is 0 Å². The van der Waals surface area contributed by atoms with Gasteiger partial charge in [0.1, 0.15) is 0 Å². The van der Waals surface area contributed by atoms with Crippen molar-refractivity contribution in [3.05, 3.63) is 59.7 Å². The lowest BCUT2D eigenvalue weighted by Crippen LogP contribution is -2.15. The van der Waals surface area contributed by atoms with Gasteiger partial charge in [0.2, 0.25) is 0 Å². The monoisotopic (exact) mass is 280 g/mol. The van der Waals surface area contributed by atoms with E-state index in [4.69, 9.17) is 0 Å². The molecule has 2 atom stereocenters. The molecule has 1 fully saturated rings. The molecule has 0 aliphatic heterocycles. The summed E-state index contributed by atoms with van der Waals surface area (Å²) in [6, 6.07) is 15.0. The Hall–Kier alpha value is -2.62. The van der Waals surface area contributed by atoms with E-state index in [1.54, 1.807) is 0 Å². The SMILES string of the molecule is O=C(O)[C@H]1[C@H](C(=O)O)C12c1ccccc1-c1ccccc12. The third-order valence-electron chi connectivity index (χ3n) is 4.77. The number of fused-ring (bicyclic) bond motifs is 5. The van der Waals surface area contributed by atoms with Crippen LogP contribution in [0.3, 0.4) is 0 Å². The van der Waals surface area contributed by atoms with Crippen molar-refractivity contribution in [1.82, 2.24) is 0 Å². The third-order valence-corrected chi connectivity index (χ3v) is 4.77. The molecule has 21 heavy (non-hydrogen) atoms. The van der Waals surface area contributed by atoms with Crippen LogP contribution in [-0.4, -0.2) is 22.2 Å². The van der Waals surface area contributed by atoms with Crippen LogP contribution in [0.5, 0.6) is 0 Å². The highest BCUT2D eigenvalue weighted by Gasteiger charge is 2.76. The van der Waals surface area contributed by atoms with Crippen molar-refractivity contribution >= 4 is 11.9 Å². The topological polar surface area (TPSA) is 74.6 Å². The van der Waals surface area contributed by atoms with Crippen LogP contribution in [0.2, 0.25) is 0 Å². The average molecular weight is 280 g/mol. The van der Waals surface area contributed by atoms with Crippen LogP contribution in [-0.2, 0) is 15.0 Å². The Bertz CT molecular complexity index is 725. The molecule has 2 aliphatic rings. The van der Waals surface area contributed by atoms with Crippen molar-refractivity contribution in [1.29, 1.82) is 0 Å². The van der Waals surface area contributed by atoms with E-state index in [0.717, 1.165) is 22.3 Å². The molecule has 1 saturated carbocycles. The van der Waals surface area contributed by atoms with Crippen LogP contribution in [0.25, 0.3) is 11.1 Å². The van der Waals surface area contributed by atoms with Crippen molar-refractivity contribution in [3.63, 3.8) is 0 Å². The fourth-order valence-electron chi connectivity index (χ4n) is 4.04. The lowest BCUT2D eigenvalue weighted by atomic mass is 9.89. The summed E-state index contributed by atoms with van der Waals surface area (Å²) in [5.41, 5.74) is 2.63. The molecule has 0 radical (unpaired) electrons. The minimum Gasteiger partial charge on any atom is -0.481 e. The molecule has 0 aromatic heterocycles. The maximum atomic E-state index is 11.6. The standard InChI is InChI=1S/C17H12O4/c18-15(19)13-14(16(20)21)17(13)11-7-3-1-5-9(11)10-6-2-4-8-12(10)17/h1-8,13-14H,(H,18,19)(H,20,21)/t13-,14-/m1/s1. The Labute approximate surface area is 120 Å². The van der Waals surface area contributed by atoms with Crippen molar-refractivity contribution in [2.75, 3.05) is 0 Å². The number of carboxylic acid groups (broad SMARTS) is 2. The molecule has 2 N–H and O–H groups in total. The summed E-state index contributed by atoms with van der Waals surface area (Å²) in [6.07, 6.45) is 0. The Morgan fingerprint density at radius 2 is 1.14 bits per heavy atom. The molecule has 4 nitrogen and oxygen atoms in total. The number of carboxylic acids is 2. The van der Waals surface area contributed by atoms with E-state index < -0.39 is 29.2 Å². The minimum absolute atomic E-state index is 0.825. The Morgan fingerprint density at radius 1 is 0.762 bits per heavy atom. The number of aliphatic carboxylic acids is 2. The van der Waals surface area contributed by atoms with Gasteiger partial charge >= 0.3 is 11.9 Å². The van der Waals surface area contributed by atoms with Crippen LogP contribution >= 0.6 is 0 Å². The molecular weight excluding hydrogens is 268 g/mol. The highest BCUT2D eigenvalue weighted by atomic mass is 16.4. The largest absolute Gasteiger partial charge is 0.481 e. The van der Waals surface area contributed by atoms with Crippen molar-refractivity contribution in [2.45, 2.75) is 5.41 Å². The summed E-state index contributed by atoms with van der Waals surface area (Å²) in [5.74, 6) is -3.90. The van der Waals surface area contributed by atoms with Crippen LogP contribution in [0.1, 0.15) is 11.1 Å². The predicted octanol–water partition coefficient (Wildman–Crippen LogP) is 2.37. The summed E-state index contributed by atoms with van der Waals surface area (Å²) >= 11 is 0. The van der Waals surface area contributed by atoms with E-state index in [2.05, 4.69) is 0 Å². The third kappa shape index (κ3) is 1.25. The maximum absolute atomic E-state index is 11.6. The lowest BCUT2D eigenvalue weighted by Gasteiger charge is -2.12. The van der Waals surface area contributed by atoms with Crippen molar-refractivity contribution < 1.29 is 19.8 Å². The van der Waals surface area contributed by atoms with E-state index in [1.807, 2.05) is 48.5 Å². The molecule has 0 unspecified atom stereocenters. The van der Waals surface area contributed by atoms with Crippen molar-refractivity contribution in [2.24, 2.45) is 11.8 Å². The summed E-state index contributed by atoms with van der Waals surface area (Å²) in [7, 11) is 0. The number of hydrogen-bond acceptors (Lipinski definition) is 2. The lowest BCUT2D eigenvalue weighted by molar-refractivity contribution is -0.144. The highest BCUT2D eigenvalue weighted by molar-refractivity contribution is 5.98. The molecular formula is C17H12O4. The second kappa shape index (κ2) is 3.73. The minimum atomic E-state index is -1.05. The van der Waals surface area contributed by atoms with Gasteiger partial charge in [0.05, 0.1) is 11.8 Å². The first kappa shape index (κ1) is 12.1. The Balaban J connectivity index is 2.06. The van der Waals surface area contributed by atoms with Gasteiger partial charge in [-0.2, -0.15) is 0 Å². The average Bonchev–Trinajstić information content (AvgIpc) is 3.11. The van der Waals surface area contributed by atoms with Crippen LogP contribution in [0, 0.1) is 11.8 Å². The first-order chi connectivity index (χ1) is 10.1.